The summed E-state index contributed by atoms with van der Waals surface area (Å²) in [5.74, 6) is -0.688. The summed E-state index contributed by atoms with van der Waals surface area (Å²) in [6, 6.07) is 1.07. The van der Waals surface area contributed by atoms with Crippen LogP contribution in [0, 0.1) is 0 Å². The van der Waals surface area contributed by atoms with Crippen LogP contribution in [0.4, 0.5) is 0 Å². The van der Waals surface area contributed by atoms with Gasteiger partial charge in [-0.25, -0.2) is 4.79 Å². The molecule has 1 aromatic heterocycles. The molecule has 0 bridgehead atoms. The van der Waals surface area contributed by atoms with Crippen molar-refractivity contribution in [1.82, 2.24) is 15.1 Å². The number of carboxylic acids is 1. The van der Waals surface area contributed by atoms with E-state index in [0.29, 0.717) is 24.6 Å². The summed E-state index contributed by atoms with van der Waals surface area (Å²) < 4.78 is 0. The highest BCUT2D eigenvalue weighted by atomic mass is 16.4. The number of carbonyl (C=O) groups is 2. The molecule has 6 heteroatoms. The lowest BCUT2D eigenvalue weighted by atomic mass is 10.0. The Morgan fingerprint density at radius 2 is 2.11 bits per heavy atom. The Kier molecular flexibility index (Phi) is 3.00. The number of carboxylic acid groups (broad SMARTS) is 1. The van der Waals surface area contributed by atoms with Gasteiger partial charge < -0.3 is 10.0 Å². The minimum absolute atomic E-state index is 0.268. The van der Waals surface area contributed by atoms with E-state index >= 15 is 0 Å². The topological polar surface area (TPSA) is 86.3 Å². The van der Waals surface area contributed by atoms with Crippen LogP contribution in [0.3, 0.4) is 0 Å². The Morgan fingerprint density at radius 1 is 1.32 bits per heavy atom. The lowest BCUT2D eigenvalue weighted by Gasteiger charge is -2.32. The lowest BCUT2D eigenvalue weighted by molar-refractivity contribution is -0.143. The quantitative estimate of drug-likeness (QED) is 0.862. The Morgan fingerprint density at radius 3 is 2.79 bits per heavy atom. The van der Waals surface area contributed by atoms with E-state index in [1.807, 2.05) is 0 Å². The molecule has 1 aliphatic carbocycles. The number of rotatable bonds is 3. The van der Waals surface area contributed by atoms with Crippen LogP contribution in [0.1, 0.15) is 54.2 Å². The van der Waals surface area contributed by atoms with Gasteiger partial charge in [0.05, 0.1) is 0 Å². The predicted octanol–water partition coefficient (Wildman–Crippen LogP) is 1.37. The number of aromatic amines is 1. The molecule has 0 aromatic carbocycles. The van der Waals surface area contributed by atoms with Crippen molar-refractivity contribution >= 4 is 11.9 Å². The van der Waals surface area contributed by atoms with Crippen LogP contribution in [-0.4, -0.2) is 44.7 Å². The molecule has 19 heavy (non-hydrogen) atoms. The van der Waals surface area contributed by atoms with E-state index in [-0.39, 0.29) is 5.91 Å². The van der Waals surface area contributed by atoms with Gasteiger partial charge in [0.2, 0.25) is 0 Å². The molecule has 1 aliphatic heterocycles. The average Bonchev–Trinajstić information content (AvgIpc) is 3.16. The number of piperidine rings is 1. The summed E-state index contributed by atoms with van der Waals surface area (Å²) in [5, 5.41) is 16.1. The number of carbonyl (C=O) groups excluding carboxylic acids is 1. The zero-order valence-electron chi connectivity index (χ0n) is 10.6. The summed E-state index contributed by atoms with van der Waals surface area (Å²) in [6.45, 7) is 0.501. The van der Waals surface area contributed by atoms with Crippen molar-refractivity contribution in [2.45, 2.75) is 44.1 Å². The normalized spacial score (nSPS) is 23.4. The number of likely N-dealkylation sites (tertiary alicyclic amines) is 1. The second-order valence-corrected chi connectivity index (χ2v) is 5.33. The standard InChI is InChI=1S/C13H17N3O3/c17-12(10-7-9(14-15-10)8-4-5-8)16-6-2-1-3-11(16)13(18)19/h7-8,11H,1-6H2,(H,14,15)(H,18,19). The second-order valence-electron chi connectivity index (χ2n) is 5.33. The minimum Gasteiger partial charge on any atom is -0.480 e. The van der Waals surface area contributed by atoms with Crippen LogP contribution < -0.4 is 0 Å². The van der Waals surface area contributed by atoms with E-state index in [2.05, 4.69) is 10.2 Å². The van der Waals surface area contributed by atoms with Crippen molar-refractivity contribution in [2.24, 2.45) is 0 Å². The Hall–Kier alpha value is -1.85. The van der Waals surface area contributed by atoms with E-state index < -0.39 is 12.0 Å². The zero-order valence-corrected chi connectivity index (χ0v) is 10.6. The summed E-state index contributed by atoms with van der Waals surface area (Å²) in [6.07, 6.45) is 4.51. The van der Waals surface area contributed by atoms with Crippen molar-refractivity contribution in [3.8, 4) is 0 Å². The first-order valence-corrected chi connectivity index (χ1v) is 6.76. The van der Waals surface area contributed by atoms with E-state index in [1.54, 1.807) is 6.07 Å². The van der Waals surface area contributed by atoms with Gasteiger partial charge >= 0.3 is 5.97 Å². The molecule has 6 nitrogen and oxygen atoms in total. The highest BCUT2D eigenvalue weighted by Gasteiger charge is 2.34. The van der Waals surface area contributed by atoms with E-state index in [0.717, 1.165) is 31.4 Å². The number of hydrogen-bond acceptors (Lipinski definition) is 3. The zero-order chi connectivity index (χ0) is 13.4. The fourth-order valence-electron chi connectivity index (χ4n) is 2.63. The molecular weight excluding hydrogens is 246 g/mol. The van der Waals surface area contributed by atoms with Gasteiger partial charge in [-0.05, 0) is 38.2 Å². The summed E-state index contributed by atoms with van der Waals surface area (Å²) in [5.41, 5.74) is 1.34. The SMILES string of the molecule is O=C(O)C1CCCCN1C(=O)c1cc(C2CC2)[nH]n1. The fraction of sp³-hybridized carbons (Fsp3) is 0.615. The Bertz CT molecular complexity index is 507. The van der Waals surface area contributed by atoms with Crippen molar-refractivity contribution < 1.29 is 14.7 Å². The average molecular weight is 263 g/mol. The monoisotopic (exact) mass is 263 g/mol. The lowest BCUT2D eigenvalue weighted by Crippen LogP contribution is -2.48. The number of hydrogen-bond donors (Lipinski definition) is 2. The maximum Gasteiger partial charge on any atom is 0.326 e. The van der Waals surface area contributed by atoms with Gasteiger partial charge in [0.1, 0.15) is 11.7 Å². The third-order valence-corrected chi connectivity index (χ3v) is 3.88. The molecule has 2 heterocycles. The molecule has 102 valence electrons. The number of aliphatic carboxylic acids is 1. The van der Waals surface area contributed by atoms with Gasteiger partial charge in [0.25, 0.3) is 5.91 Å². The van der Waals surface area contributed by atoms with Crippen molar-refractivity contribution in [3.63, 3.8) is 0 Å². The number of aromatic nitrogens is 2. The van der Waals surface area contributed by atoms with Crippen LogP contribution in [-0.2, 0) is 4.79 Å². The molecule has 1 atom stereocenters. The summed E-state index contributed by atoms with van der Waals surface area (Å²) in [4.78, 5) is 25.0. The molecule has 1 aromatic rings. The smallest absolute Gasteiger partial charge is 0.326 e. The maximum absolute atomic E-state index is 12.4. The molecule has 1 amide bonds. The molecule has 2 N–H and O–H groups in total. The van der Waals surface area contributed by atoms with Gasteiger partial charge in [-0.2, -0.15) is 5.10 Å². The molecule has 0 radical (unpaired) electrons. The first-order valence-electron chi connectivity index (χ1n) is 6.76. The van der Waals surface area contributed by atoms with Crippen LogP contribution >= 0.6 is 0 Å². The molecular formula is C13H17N3O3. The molecule has 1 unspecified atom stereocenters. The van der Waals surface area contributed by atoms with Gasteiger partial charge in [-0.1, -0.05) is 0 Å². The Labute approximate surface area is 110 Å². The maximum atomic E-state index is 12.4. The third-order valence-electron chi connectivity index (χ3n) is 3.88. The molecule has 3 rings (SSSR count). The highest BCUT2D eigenvalue weighted by Crippen LogP contribution is 2.39. The molecule has 1 saturated heterocycles. The first-order chi connectivity index (χ1) is 9.16. The Balaban J connectivity index is 1.78. The minimum atomic E-state index is -0.925. The van der Waals surface area contributed by atoms with Crippen LogP contribution in [0.25, 0.3) is 0 Å². The van der Waals surface area contributed by atoms with Gasteiger partial charge in [-0.15, -0.1) is 0 Å². The van der Waals surface area contributed by atoms with Crippen LogP contribution in [0.15, 0.2) is 6.07 Å². The molecule has 0 spiro atoms. The van der Waals surface area contributed by atoms with Crippen molar-refractivity contribution in [3.05, 3.63) is 17.5 Å². The van der Waals surface area contributed by atoms with E-state index in [9.17, 15) is 14.7 Å². The second kappa shape index (κ2) is 4.68. The van der Waals surface area contributed by atoms with Crippen molar-refractivity contribution in [1.29, 1.82) is 0 Å². The van der Waals surface area contributed by atoms with E-state index in [1.165, 1.54) is 4.90 Å². The summed E-state index contributed by atoms with van der Waals surface area (Å²) >= 11 is 0. The van der Waals surface area contributed by atoms with Crippen LogP contribution in [0.5, 0.6) is 0 Å². The van der Waals surface area contributed by atoms with Gasteiger partial charge in [0, 0.05) is 18.2 Å². The van der Waals surface area contributed by atoms with Gasteiger partial charge in [-0.3, -0.25) is 9.89 Å². The predicted molar refractivity (Wildman–Crippen MR) is 66.9 cm³/mol. The third kappa shape index (κ3) is 2.34. The van der Waals surface area contributed by atoms with Crippen LogP contribution in [0.2, 0.25) is 0 Å². The number of nitrogens with one attached hydrogen (secondary N) is 1. The number of amides is 1. The largest absolute Gasteiger partial charge is 0.480 e. The van der Waals surface area contributed by atoms with Crippen molar-refractivity contribution in [2.75, 3.05) is 6.54 Å². The number of nitrogens with zero attached hydrogens (tertiary/aromatic N) is 2. The fourth-order valence-corrected chi connectivity index (χ4v) is 2.63. The highest BCUT2D eigenvalue weighted by molar-refractivity contribution is 5.95. The molecule has 1 saturated carbocycles. The summed E-state index contributed by atoms with van der Waals surface area (Å²) in [7, 11) is 0. The number of H-pyrrole nitrogens is 1. The molecule has 2 aliphatic rings. The molecule has 2 fully saturated rings. The van der Waals surface area contributed by atoms with E-state index in [4.69, 9.17) is 0 Å². The van der Waals surface area contributed by atoms with Gasteiger partial charge in [0.15, 0.2) is 0 Å². The first kappa shape index (κ1) is 12.2.